The van der Waals surface area contributed by atoms with Crippen LogP contribution in [0.3, 0.4) is 0 Å². The zero-order valence-electron chi connectivity index (χ0n) is 36.1. The van der Waals surface area contributed by atoms with Gasteiger partial charge in [-0.15, -0.1) is 0 Å². The second-order valence-electron chi connectivity index (χ2n) is 16.4. The smallest absolute Gasteiger partial charge is 0.330 e. The van der Waals surface area contributed by atoms with Crippen molar-refractivity contribution in [2.45, 2.75) is 189 Å². The lowest BCUT2D eigenvalue weighted by Crippen LogP contribution is -2.57. The van der Waals surface area contributed by atoms with Crippen LogP contribution >= 0.6 is 0 Å². The van der Waals surface area contributed by atoms with Gasteiger partial charge in [0.15, 0.2) is 12.5 Å². The second kappa shape index (κ2) is 28.4. The zero-order valence-corrected chi connectivity index (χ0v) is 36.1. The van der Waals surface area contributed by atoms with Gasteiger partial charge < -0.3 is 72.9 Å². The molecule has 2 saturated heterocycles. The van der Waals surface area contributed by atoms with Gasteiger partial charge in [0.2, 0.25) is 11.8 Å². The van der Waals surface area contributed by atoms with Crippen LogP contribution in [-0.4, -0.2) is 146 Å². The number of nitrogens with one attached hydrogen (secondary N) is 4. The van der Waals surface area contributed by atoms with Crippen LogP contribution in [0.1, 0.15) is 122 Å². The molecule has 0 radical (unpaired) electrons. The van der Waals surface area contributed by atoms with Crippen molar-refractivity contribution in [2.75, 3.05) is 26.2 Å². The van der Waals surface area contributed by atoms with E-state index in [1.54, 1.807) is 0 Å². The van der Waals surface area contributed by atoms with Gasteiger partial charge in [-0.2, -0.15) is 0 Å². The monoisotopic (exact) mass is 887 g/mol. The topological polar surface area (TPSA) is 349 Å². The molecule has 1 aromatic rings. The Bertz CT molecular complexity index is 1590. The second-order valence-corrected chi connectivity index (χ2v) is 16.4. The highest BCUT2D eigenvalue weighted by atomic mass is 16.7. The van der Waals surface area contributed by atoms with E-state index in [4.69, 9.17) is 31.4 Å². The summed E-state index contributed by atoms with van der Waals surface area (Å²) in [5.74, 6) is -2.40. The fraction of sp³-hybridized carbons (Fsp3) is 0.829. The molecule has 356 valence electrons. The summed E-state index contributed by atoms with van der Waals surface area (Å²) in [5, 5.41) is 61.9. The molecule has 0 aromatic carbocycles. The number of aliphatic hydroxyl groups is 4. The Morgan fingerprint density at radius 2 is 1.44 bits per heavy atom. The predicted molar refractivity (Wildman–Crippen MR) is 227 cm³/mol. The molecule has 1 aromatic heterocycles. The average molecular weight is 887 g/mol. The molecule has 21 nitrogen and oxygen atoms in total. The average Bonchev–Trinajstić information content (AvgIpc) is 3.69. The summed E-state index contributed by atoms with van der Waals surface area (Å²) < 4.78 is 18.1. The van der Waals surface area contributed by atoms with Gasteiger partial charge in [-0.25, -0.2) is 4.79 Å². The minimum Gasteiger partial charge on any atom is -0.480 e. The molecule has 0 spiro atoms. The summed E-state index contributed by atoms with van der Waals surface area (Å²) in [6.07, 6.45) is 2.96. The number of aromatic nitrogens is 2. The maximum absolute atomic E-state index is 13.4. The van der Waals surface area contributed by atoms with Crippen molar-refractivity contribution in [1.82, 2.24) is 25.5 Å². The highest BCUT2D eigenvalue weighted by molar-refractivity contribution is 5.89. The van der Waals surface area contributed by atoms with Crippen LogP contribution in [-0.2, 0) is 28.6 Å². The van der Waals surface area contributed by atoms with Crippen molar-refractivity contribution < 1.29 is 54.1 Å². The van der Waals surface area contributed by atoms with Gasteiger partial charge in [0.05, 0.1) is 6.04 Å². The van der Waals surface area contributed by atoms with Gasteiger partial charge in [0.25, 0.3) is 5.56 Å². The summed E-state index contributed by atoms with van der Waals surface area (Å²) in [5.41, 5.74) is 15.6. The number of carboxylic acid groups (broad SMARTS) is 1. The number of amides is 2. The summed E-state index contributed by atoms with van der Waals surface area (Å²) in [7, 11) is 0. The maximum Gasteiger partial charge on any atom is 0.330 e. The van der Waals surface area contributed by atoms with Crippen molar-refractivity contribution in [2.24, 2.45) is 17.2 Å². The number of unbranched alkanes of at least 4 members (excludes halogenated alkanes) is 12. The van der Waals surface area contributed by atoms with Crippen molar-refractivity contribution in [1.29, 1.82) is 0 Å². The van der Waals surface area contributed by atoms with E-state index < -0.39 is 102 Å². The first kappa shape index (κ1) is 53.0. The normalized spacial score (nSPS) is 25.6. The predicted octanol–water partition coefficient (Wildman–Crippen LogP) is -1.47. The van der Waals surface area contributed by atoms with E-state index in [1.807, 2.05) is 4.98 Å². The molecule has 3 rings (SSSR count). The Morgan fingerprint density at radius 3 is 2.00 bits per heavy atom. The van der Waals surface area contributed by atoms with E-state index in [0.717, 1.165) is 42.5 Å². The number of ether oxygens (including phenoxy) is 3. The third-order valence-electron chi connectivity index (χ3n) is 11.5. The zero-order chi connectivity index (χ0) is 45.6. The van der Waals surface area contributed by atoms with Gasteiger partial charge in [0, 0.05) is 25.4 Å². The van der Waals surface area contributed by atoms with Gasteiger partial charge in [-0.3, -0.25) is 28.7 Å². The lowest BCUT2D eigenvalue weighted by atomic mass is 9.98. The van der Waals surface area contributed by atoms with Gasteiger partial charge in [-0.1, -0.05) is 90.4 Å². The third kappa shape index (κ3) is 16.6. The molecule has 2 fully saturated rings. The molecule has 12 atom stereocenters. The first-order chi connectivity index (χ1) is 29.7. The summed E-state index contributed by atoms with van der Waals surface area (Å²) in [6, 6.07) is -2.43. The number of aliphatic carboxylic acids is 1. The quantitative estimate of drug-likeness (QED) is 0.0367. The Morgan fingerprint density at radius 1 is 0.806 bits per heavy atom. The van der Waals surface area contributed by atoms with E-state index in [-0.39, 0.29) is 26.1 Å². The molecule has 0 unspecified atom stereocenters. The number of carbonyl (C=O) groups is 3. The number of carbonyl (C=O) groups excluding carboxylic acids is 2. The van der Waals surface area contributed by atoms with Crippen molar-refractivity contribution in [3.05, 3.63) is 33.1 Å². The molecule has 0 aliphatic carbocycles. The van der Waals surface area contributed by atoms with Gasteiger partial charge in [0.1, 0.15) is 54.8 Å². The van der Waals surface area contributed by atoms with Crippen LogP contribution in [0.5, 0.6) is 0 Å². The number of aromatic amines is 1. The molecule has 2 amide bonds. The number of nitrogens with zero attached hydrogens (tertiary/aromatic N) is 1. The summed E-state index contributed by atoms with van der Waals surface area (Å²) >= 11 is 0. The standard InChI is InChI=1S/C41H74N8O13/c1-2-3-4-5-6-7-8-9-10-11-12-13-14-18-26(47-36(55)25(44)17-15-20-42)37(56)46-22-16-21-45-29(39(57)58)34(62-40-33(54)30(51)27(24-43)60-40)35-31(52)32(53)38(61-35)49-23-19-28(50)48-41(49)59/h19,23,25-27,29-35,38,40,45,51-54H,2-18,20-22,24,42-44H2,1H3,(H,46,56)(H,47,55)(H,57,58)(H,48,50,59)/t25-,26-,27+,29-,30+,31-,32+,33+,34-,35-,38+,40-/m0/s1. The van der Waals surface area contributed by atoms with E-state index in [2.05, 4.69) is 22.9 Å². The SMILES string of the molecule is CCCCCCCCCCCCCCC[C@H](NC(=O)[C@@H](N)CCCN)C(=O)NCCCN[C@H](C(=O)O)[C@H](O[C@@H]1O[C@H](CN)[C@@H](O)[C@H]1O)[C@H]1O[C@@H](n2ccc(=O)[nH]c2=O)[C@H](O)[C@@H]1O. The molecular weight excluding hydrogens is 812 g/mol. The van der Waals surface area contributed by atoms with Crippen LogP contribution in [0.4, 0.5) is 0 Å². The van der Waals surface area contributed by atoms with E-state index in [0.29, 0.717) is 32.2 Å². The van der Waals surface area contributed by atoms with Gasteiger partial charge in [-0.05, 0) is 38.8 Å². The van der Waals surface area contributed by atoms with E-state index in [1.165, 1.54) is 51.4 Å². The van der Waals surface area contributed by atoms with Crippen molar-refractivity contribution in [3.8, 4) is 0 Å². The third-order valence-corrected chi connectivity index (χ3v) is 11.5. The molecule has 0 bridgehead atoms. The van der Waals surface area contributed by atoms with Gasteiger partial charge >= 0.3 is 11.7 Å². The fourth-order valence-electron chi connectivity index (χ4n) is 7.74. The lowest BCUT2D eigenvalue weighted by molar-refractivity contribution is -0.228. The molecule has 2 aliphatic heterocycles. The largest absolute Gasteiger partial charge is 0.480 e. The maximum atomic E-state index is 13.4. The molecule has 62 heavy (non-hydrogen) atoms. The van der Waals surface area contributed by atoms with Crippen LogP contribution in [0.2, 0.25) is 0 Å². The Hall–Kier alpha value is -3.35. The van der Waals surface area contributed by atoms with Crippen molar-refractivity contribution in [3.63, 3.8) is 0 Å². The lowest BCUT2D eigenvalue weighted by Gasteiger charge is -2.33. The number of nitrogens with two attached hydrogens (primary N) is 3. The molecule has 3 heterocycles. The molecule has 21 heteroatoms. The Labute approximate surface area is 362 Å². The van der Waals surface area contributed by atoms with Crippen LogP contribution in [0.25, 0.3) is 0 Å². The number of carboxylic acids is 1. The molecule has 2 aliphatic rings. The number of aliphatic hydroxyl groups excluding tert-OH is 4. The van der Waals surface area contributed by atoms with Crippen LogP contribution in [0.15, 0.2) is 21.9 Å². The summed E-state index contributed by atoms with van der Waals surface area (Å²) in [4.78, 5) is 65.3. The van der Waals surface area contributed by atoms with Crippen LogP contribution in [0, 0.1) is 0 Å². The van der Waals surface area contributed by atoms with Crippen molar-refractivity contribution >= 4 is 17.8 Å². The molecule has 0 saturated carbocycles. The van der Waals surface area contributed by atoms with Crippen LogP contribution < -0.4 is 44.4 Å². The molecule has 15 N–H and O–H groups in total. The first-order valence-electron chi connectivity index (χ1n) is 22.5. The van der Waals surface area contributed by atoms with E-state index in [9.17, 15) is 49.5 Å². The minimum absolute atomic E-state index is 0.0567. The minimum atomic E-state index is -1.87. The highest BCUT2D eigenvalue weighted by Gasteiger charge is 2.54. The highest BCUT2D eigenvalue weighted by Crippen LogP contribution is 2.34. The first-order valence-corrected chi connectivity index (χ1v) is 22.5. The number of rotatable bonds is 32. The number of H-pyrrole nitrogens is 1. The number of hydrogen-bond acceptors (Lipinski definition) is 16. The number of hydrogen-bond donors (Lipinski definition) is 12. The fourth-order valence-corrected chi connectivity index (χ4v) is 7.74. The summed E-state index contributed by atoms with van der Waals surface area (Å²) in [6.45, 7) is 2.36. The Kier molecular flexibility index (Phi) is 24.3. The van der Waals surface area contributed by atoms with E-state index >= 15 is 0 Å². The molecular formula is C41H74N8O13. The Balaban J connectivity index is 1.61.